The number of carboxylic acids is 1. The lowest BCUT2D eigenvalue weighted by Gasteiger charge is -2.07. The lowest BCUT2D eigenvalue weighted by molar-refractivity contribution is 0.0690. The van der Waals surface area contributed by atoms with Gasteiger partial charge in [0.25, 0.3) is 0 Å². The minimum atomic E-state index is -1.10. The molecule has 0 saturated carbocycles. The van der Waals surface area contributed by atoms with Crippen molar-refractivity contribution in [2.75, 3.05) is 0 Å². The summed E-state index contributed by atoms with van der Waals surface area (Å²) < 4.78 is 2.07. The Hall–Kier alpha value is -1.04. The van der Waals surface area contributed by atoms with Crippen molar-refractivity contribution in [1.82, 2.24) is 9.78 Å². The number of hydrogen-bond acceptors (Lipinski definition) is 2. The molecule has 0 aliphatic carbocycles. The molecule has 0 unspecified atom stereocenters. The molecule has 7 heteroatoms. The summed E-state index contributed by atoms with van der Waals surface area (Å²) in [5, 5.41) is 13.4. The number of benzene rings is 1. The molecule has 2 aromatic rings. The average Bonchev–Trinajstić information content (AvgIpc) is 2.65. The summed E-state index contributed by atoms with van der Waals surface area (Å²) in [4.78, 5) is 10.7. The third-order valence-electron chi connectivity index (χ3n) is 2.02. The molecule has 0 aliphatic heterocycles. The molecule has 0 radical (unpaired) electrons. The molecule has 1 heterocycles. The second-order valence-corrected chi connectivity index (χ2v) is 4.90. The number of hydrogen-bond donors (Lipinski definition) is 1. The van der Waals surface area contributed by atoms with E-state index in [0.29, 0.717) is 15.7 Å². The third kappa shape index (κ3) is 2.46. The minimum Gasteiger partial charge on any atom is -0.476 e. The van der Waals surface area contributed by atoms with E-state index in [9.17, 15) is 4.79 Å². The molecule has 0 amide bonds. The van der Waals surface area contributed by atoms with E-state index >= 15 is 0 Å². The van der Waals surface area contributed by atoms with Crippen LogP contribution in [0.2, 0.25) is 10.0 Å². The minimum absolute atomic E-state index is 0.0694. The SMILES string of the molecule is O=C(O)c1ccn(-c2c(Cl)cc(Br)cc2Cl)n1. The molecule has 88 valence electrons. The molecule has 0 fully saturated rings. The predicted molar refractivity (Wildman–Crippen MR) is 68.2 cm³/mol. The Morgan fingerprint density at radius 2 is 1.94 bits per heavy atom. The van der Waals surface area contributed by atoms with Crippen LogP contribution in [-0.4, -0.2) is 20.9 Å². The van der Waals surface area contributed by atoms with Gasteiger partial charge in [0.05, 0.1) is 10.0 Å². The lowest BCUT2D eigenvalue weighted by atomic mass is 10.3. The first-order valence-corrected chi connectivity index (χ1v) is 5.98. The molecule has 0 bridgehead atoms. The number of halogens is 3. The van der Waals surface area contributed by atoms with E-state index in [2.05, 4.69) is 21.0 Å². The zero-order valence-corrected chi connectivity index (χ0v) is 11.3. The fourth-order valence-electron chi connectivity index (χ4n) is 1.32. The maximum Gasteiger partial charge on any atom is 0.356 e. The van der Waals surface area contributed by atoms with Crippen molar-refractivity contribution < 1.29 is 9.90 Å². The predicted octanol–water partition coefficient (Wildman–Crippen LogP) is 3.64. The first-order valence-electron chi connectivity index (χ1n) is 4.43. The molecule has 2 rings (SSSR count). The van der Waals surface area contributed by atoms with E-state index in [-0.39, 0.29) is 5.69 Å². The molecular formula is C10H5BrCl2N2O2. The summed E-state index contributed by atoms with van der Waals surface area (Å²) in [5.74, 6) is -1.10. The summed E-state index contributed by atoms with van der Waals surface area (Å²) in [6, 6.07) is 4.69. The van der Waals surface area contributed by atoms with Crippen molar-refractivity contribution >= 4 is 45.1 Å². The van der Waals surface area contributed by atoms with Gasteiger partial charge in [-0.25, -0.2) is 9.48 Å². The molecule has 17 heavy (non-hydrogen) atoms. The summed E-state index contributed by atoms with van der Waals surface area (Å²) in [6.45, 7) is 0. The largest absolute Gasteiger partial charge is 0.476 e. The monoisotopic (exact) mass is 334 g/mol. The van der Waals surface area contributed by atoms with Gasteiger partial charge in [-0.15, -0.1) is 0 Å². The molecular weight excluding hydrogens is 331 g/mol. The highest BCUT2D eigenvalue weighted by Gasteiger charge is 2.13. The molecule has 0 atom stereocenters. The second-order valence-electron chi connectivity index (χ2n) is 3.17. The summed E-state index contributed by atoms with van der Waals surface area (Å²) in [5.41, 5.74) is 0.379. The smallest absolute Gasteiger partial charge is 0.356 e. The van der Waals surface area contributed by atoms with Crippen LogP contribution in [-0.2, 0) is 0 Å². The number of carboxylic acid groups (broad SMARTS) is 1. The Bertz CT molecular complexity index is 575. The van der Waals surface area contributed by atoms with Crippen LogP contribution >= 0.6 is 39.1 Å². The van der Waals surface area contributed by atoms with Gasteiger partial charge in [-0.3, -0.25) is 0 Å². The number of aromatic carboxylic acids is 1. The highest BCUT2D eigenvalue weighted by molar-refractivity contribution is 9.10. The van der Waals surface area contributed by atoms with Gasteiger partial charge >= 0.3 is 5.97 Å². The fourth-order valence-corrected chi connectivity index (χ4v) is 2.70. The van der Waals surface area contributed by atoms with Crippen molar-refractivity contribution in [3.63, 3.8) is 0 Å². The van der Waals surface area contributed by atoms with E-state index in [1.165, 1.54) is 16.9 Å². The Labute approximate surface area is 115 Å². The molecule has 0 aliphatic rings. The van der Waals surface area contributed by atoms with Crippen LogP contribution in [0.25, 0.3) is 5.69 Å². The van der Waals surface area contributed by atoms with Crippen LogP contribution in [0.4, 0.5) is 0 Å². The van der Waals surface area contributed by atoms with E-state index < -0.39 is 5.97 Å². The number of rotatable bonds is 2. The first-order chi connectivity index (χ1) is 7.99. The number of nitrogens with zero attached hydrogens (tertiary/aromatic N) is 2. The summed E-state index contributed by atoms with van der Waals surface area (Å²) in [7, 11) is 0. The van der Waals surface area contributed by atoms with Crippen LogP contribution in [0.5, 0.6) is 0 Å². The zero-order chi connectivity index (χ0) is 12.6. The number of carbonyl (C=O) groups is 1. The Balaban J connectivity index is 2.56. The quantitative estimate of drug-likeness (QED) is 0.911. The molecule has 0 spiro atoms. The van der Waals surface area contributed by atoms with Crippen LogP contribution in [0, 0.1) is 0 Å². The van der Waals surface area contributed by atoms with Gasteiger partial charge in [0.1, 0.15) is 5.69 Å². The molecule has 1 aromatic carbocycles. The number of aromatic nitrogens is 2. The van der Waals surface area contributed by atoms with Crippen molar-refractivity contribution in [2.45, 2.75) is 0 Å². The summed E-state index contributed by atoms with van der Waals surface area (Å²) >= 11 is 15.3. The highest BCUT2D eigenvalue weighted by Crippen LogP contribution is 2.31. The van der Waals surface area contributed by atoms with Gasteiger partial charge < -0.3 is 5.11 Å². The van der Waals surface area contributed by atoms with Gasteiger partial charge in [0.2, 0.25) is 0 Å². The second kappa shape index (κ2) is 4.68. The average molecular weight is 336 g/mol. The first kappa shape index (κ1) is 12.4. The molecule has 4 nitrogen and oxygen atoms in total. The van der Waals surface area contributed by atoms with Gasteiger partial charge in [-0.2, -0.15) is 5.10 Å². The van der Waals surface area contributed by atoms with E-state index in [0.717, 1.165) is 4.47 Å². The van der Waals surface area contributed by atoms with Gasteiger partial charge in [-0.05, 0) is 18.2 Å². The molecule has 0 saturated heterocycles. The Kier molecular flexibility index (Phi) is 3.42. The van der Waals surface area contributed by atoms with Gasteiger partial charge in [0, 0.05) is 10.7 Å². The maximum atomic E-state index is 10.7. The fraction of sp³-hybridized carbons (Fsp3) is 0. The van der Waals surface area contributed by atoms with Crippen LogP contribution in [0.1, 0.15) is 10.5 Å². The zero-order valence-electron chi connectivity index (χ0n) is 8.19. The van der Waals surface area contributed by atoms with Crippen LogP contribution < -0.4 is 0 Å². The van der Waals surface area contributed by atoms with Crippen molar-refractivity contribution in [2.24, 2.45) is 0 Å². The van der Waals surface area contributed by atoms with E-state index in [1.54, 1.807) is 12.1 Å². The lowest BCUT2D eigenvalue weighted by Crippen LogP contribution is -2.02. The Morgan fingerprint density at radius 3 is 2.41 bits per heavy atom. The molecule has 1 aromatic heterocycles. The third-order valence-corrected chi connectivity index (χ3v) is 3.05. The van der Waals surface area contributed by atoms with Gasteiger partial charge in [-0.1, -0.05) is 39.1 Å². The van der Waals surface area contributed by atoms with Gasteiger partial charge in [0.15, 0.2) is 5.69 Å². The van der Waals surface area contributed by atoms with Crippen molar-refractivity contribution in [3.8, 4) is 5.69 Å². The molecule has 1 N–H and O–H groups in total. The van der Waals surface area contributed by atoms with E-state index in [4.69, 9.17) is 28.3 Å². The Morgan fingerprint density at radius 1 is 1.35 bits per heavy atom. The van der Waals surface area contributed by atoms with Crippen molar-refractivity contribution in [3.05, 3.63) is 44.6 Å². The van der Waals surface area contributed by atoms with Crippen LogP contribution in [0.15, 0.2) is 28.9 Å². The maximum absolute atomic E-state index is 10.7. The highest BCUT2D eigenvalue weighted by atomic mass is 79.9. The summed E-state index contributed by atoms with van der Waals surface area (Å²) in [6.07, 6.45) is 1.49. The topological polar surface area (TPSA) is 55.1 Å². The van der Waals surface area contributed by atoms with Crippen molar-refractivity contribution in [1.29, 1.82) is 0 Å². The van der Waals surface area contributed by atoms with E-state index in [1.807, 2.05) is 0 Å². The standard InChI is InChI=1S/C10H5BrCl2N2O2/c11-5-3-6(12)9(7(13)4-5)15-2-1-8(14-15)10(16)17/h1-4H,(H,16,17). The normalized spacial score (nSPS) is 10.5. The van der Waals surface area contributed by atoms with Crippen LogP contribution in [0.3, 0.4) is 0 Å².